The van der Waals surface area contributed by atoms with Crippen LogP contribution in [0.25, 0.3) is 0 Å². The number of ether oxygens (including phenoxy) is 3. The fraction of sp³-hybridized carbons (Fsp3) is 0.882. The molecular weight excluding hydrogens is 644 g/mol. The molecule has 0 aliphatic carbocycles. The van der Waals surface area contributed by atoms with Gasteiger partial charge in [0.15, 0.2) is 5.79 Å². The van der Waals surface area contributed by atoms with E-state index in [0.29, 0.717) is 6.42 Å². The lowest BCUT2D eigenvalue weighted by atomic mass is 9.82. The van der Waals surface area contributed by atoms with Crippen LogP contribution in [-0.2, 0) is 14.2 Å². The molecule has 49 heavy (non-hydrogen) atoms. The smallest absolute Gasteiger partial charge is 0.223 e. The summed E-state index contributed by atoms with van der Waals surface area (Å²) in [6.45, 7) is 3.74. The average Bonchev–Trinajstić information content (AvgIpc) is 3.06. The molecule has 12 N–H and O–H groups in total. The van der Waals surface area contributed by atoms with E-state index in [9.17, 15) is 51.1 Å². The molecular formula is C34H64N2O13. The Hall–Kier alpha value is -1.44. The van der Waals surface area contributed by atoms with Gasteiger partial charge in [-0.15, -0.1) is 0 Å². The Morgan fingerprint density at radius 1 is 0.755 bits per heavy atom. The number of aliphatic hydroxyl groups is 10. The minimum absolute atomic E-state index is 0.0506. The minimum atomic E-state index is -2.77. The average molecular weight is 709 g/mol. The molecule has 2 aliphatic rings. The van der Waals surface area contributed by atoms with Crippen molar-refractivity contribution in [2.75, 3.05) is 19.8 Å². The van der Waals surface area contributed by atoms with Crippen molar-refractivity contribution in [3.05, 3.63) is 24.6 Å². The quantitative estimate of drug-likeness (QED) is 0.0465. The summed E-state index contributed by atoms with van der Waals surface area (Å²) in [6.07, 6.45) is -0.630. The standard InChI is InChI=1S/C34H64N2O13/c1-4-6-8-10-11-12-13-15-17-36-34(46)30(43)28(42)26(22-38)48-33(34,18-23(3)39)49-29-27(41)25(21-37)47-32(45,31(29)44)19-24(40)20-35-16-14-9-7-5-2/h14-17,23-31,35-46H,4-13,18-22H2,1-3H3/t23?,24?,25-,26-,27+,28+,29+,30+,31-,32-,33+,34-/m1/s1. The highest BCUT2D eigenvalue weighted by Gasteiger charge is 2.68. The molecule has 15 nitrogen and oxygen atoms in total. The third-order valence-electron chi connectivity index (χ3n) is 9.14. The van der Waals surface area contributed by atoms with Crippen LogP contribution in [0.2, 0.25) is 0 Å². The van der Waals surface area contributed by atoms with Crippen molar-refractivity contribution in [3.8, 4) is 0 Å². The number of allylic oxidation sites excluding steroid dienone is 2. The van der Waals surface area contributed by atoms with E-state index in [0.717, 1.165) is 57.8 Å². The first-order chi connectivity index (χ1) is 23.3. The summed E-state index contributed by atoms with van der Waals surface area (Å²) < 4.78 is 17.5. The highest BCUT2D eigenvalue weighted by Crippen LogP contribution is 2.45. The molecule has 2 fully saturated rings. The second-order valence-corrected chi connectivity index (χ2v) is 13.5. The van der Waals surface area contributed by atoms with Crippen LogP contribution in [0.4, 0.5) is 0 Å². The Morgan fingerprint density at radius 3 is 1.98 bits per heavy atom. The van der Waals surface area contributed by atoms with Crippen molar-refractivity contribution in [1.82, 2.24) is 10.6 Å². The number of rotatable bonds is 23. The molecule has 0 spiro atoms. The third-order valence-corrected chi connectivity index (χ3v) is 9.14. The van der Waals surface area contributed by atoms with E-state index < -0.39 is 98.3 Å². The summed E-state index contributed by atoms with van der Waals surface area (Å²) in [5, 5.41) is 115. The van der Waals surface area contributed by atoms with Gasteiger partial charge in [-0.25, -0.2) is 0 Å². The van der Waals surface area contributed by atoms with Crippen LogP contribution in [-0.4, -0.2) is 143 Å². The molecule has 2 unspecified atom stereocenters. The summed E-state index contributed by atoms with van der Waals surface area (Å²) in [5.74, 6) is -5.21. The van der Waals surface area contributed by atoms with Gasteiger partial charge in [-0.2, -0.15) is 0 Å². The van der Waals surface area contributed by atoms with Crippen molar-refractivity contribution >= 4 is 0 Å². The minimum Gasteiger partial charge on any atom is -0.394 e. The highest BCUT2D eigenvalue weighted by atomic mass is 16.7. The Balaban J connectivity index is 2.40. The van der Waals surface area contributed by atoms with Crippen molar-refractivity contribution in [2.45, 2.75) is 170 Å². The van der Waals surface area contributed by atoms with E-state index in [1.807, 2.05) is 6.08 Å². The molecule has 2 rings (SSSR count). The molecule has 0 amide bonds. The van der Waals surface area contributed by atoms with Gasteiger partial charge in [-0.3, -0.25) is 0 Å². The van der Waals surface area contributed by atoms with E-state index in [4.69, 9.17) is 14.2 Å². The Kier molecular flexibility index (Phi) is 18.9. The van der Waals surface area contributed by atoms with Gasteiger partial charge in [-0.1, -0.05) is 70.9 Å². The van der Waals surface area contributed by atoms with E-state index >= 15 is 0 Å². The molecule has 0 saturated carbocycles. The molecule has 2 saturated heterocycles. The number of aliphatic hydroxyl groups excluding tert-OH is 8. The van der Waals surface area contributed by atoms with Crippen molar-refractivity contribution in [3.63, 3.8) is 0 Å². The van der Waals surface area contributed by atoms with Gasteiger partial charge in [0.25, 0.3) is 0 Å². The molecule has 2 aliphatic heterocycles. The first-order valence-corrected chi connectivity index (χ1v) is 17.8. The van der Waals surface area contributed by atoms with Crippen LogP contribution in [0.3, 0.4) is 0 Å². The van der Waals surface area contributed by atoms with Gasteiger partial charge in [0.1, 0.15) is 42.7 Å². The van der Waals surface area contributed by atoms with E-state index in [1.54, 1.807) is 12.3 Å². The number of hydrogen-bond donors (Lipinski definition) is 12. The number of nitrogens with one attached hydrogen (secondary N) is 2. The predicted molar refractivity (Wildman–Crippen MR) is 179 cm³/mol. The van der Waals surface area contributed by atoms with Crippen LogP contribution in [0, 0.1) is 0 Å². The van der Waals surface area contributed by atoms with Gasteiger partial charge in [-0.05, 0) is 38.6 Å². The van der Waals surface area contributed by atoms with E-state index in [2.05, 4.69) is 24.5 Å². The van der Waals surface area contributed by atoms with Gasteiger partial charge >= 0.3 is 0 Å². The van der Waals surface area contributed by atoms with Crippen LogP contribution >= 0.6 is 0 Å². The maximum atomic E-state index is 12.1. The largest absolute Gasteiger partial charge is 0.394 e. The highest BCUT2D eigenvalue weighted by molar-refractivity contribution is 5.11. The van der Waals surface area contributed by atoms with Crippen molar-refractivity contribution < 1.29 is 65.3 Å². The second-order valence-electron chi connectivity index (χ2n) is 13.5. The molecule has 15 heteroatoms. The lowest BCUT2D eigenvalue weighted by Crippen LogP contribution is -2.80. The Bertz CT molecular complexity index is 976. The maximum Gasteiger partial charge on any atom is 0.223 e. The molecule has 12 atom stereocenters. The van der Waals surface area contributed by atoms with Crippen molar-refractivity contribution in [2.24, 2.45) is 0 Å². The summed E-state index contributed by atoms with van der Waals surface area (Å²) in [5.41, 5.74) is -2.77. The second kappa shape index (κ2) is 21.2. The Morgan fingerprint density at radius 2 is 1.35 bits per heavy atom. The fourth-order valence-corrected chi connectivity index (χ4v) is 6.32. The van der Waals surface area contributed by atoms with E-state index in [1.165, 1.54) is 13.1 Å². The zero-order chi connectivity index (χ0) is 36.7. The summed E-state index contributed by atoms with van der Waals surface area (Å²) in [7, 11) is 0. The fourth-order valence-electron chi connectivity index (χ4n) is 6.32. The molecule has 0 bridgehead atoms. The SMILES string of the molecule is CCCCC=CNCC(O)C[C@@]1(O)O[C@H](CO)[C@H](O)[C@H](O[C@]2(CC(C)O)O[C@H](CO)[C@H](O)[C@H](O)[C@]2(O)NC=CCCCCCCCC)[C@H]1O. The predicted octanol–water partition coefficient (Wildman–Crippen LogP) is -0.660. The molecule has 0 aromatic rings. The molecule has 2 heterocycles. The summed E-state index contributed by atoms with van der Waals surface area (Å²) in [4.78, 5) is 0. The van der Waals surface area contributed by atoms with Crippen LogP contribution in [0.5, 0.6) is 0 Å². The monoisotopic (exact) mass is 708 g/mol. The maximum absolute atomic E-state index is 12.1. The topological polar surface area (TPSA) is 254 Å². The zero-order valence-corrected chi connectivity index (χ0v) is 29.3. The van der Waals surface area contributed by atoms with Gasteiger partial charge in [0.05, 0.1) is 25.4 Å². The first-order valence-electron chi connectivity index (χ1n) is 17.8. The Labute approximate surface area is 290 Å². The summed E-state index contributed by atoms with van der Waals surface area (Å²) in [6, 6.07) is 0. The van der Waals surface area contributed by atoms with Crippen LogP contribution < -0.4 is 10.6 Å². The molecule has 0 radical (unpaired) electrons. The van der Waals surface area contributed by atoms with Crippen LogP contribution in [0.15, 0.2) is 24.6 Å². The third kappa shape index (κ3) is 11.8. The van der Waals surface area contributed by atoms with Crippen molar-refractivity contribution in [1.29, 1.82) is 0 Å². The van der Waals surface area contributed by atoms with Gasteiger partial charge in [0, 0.05) is 19.4 Å². The van der Waals surface area contributed by atoms with Gasteiger partial charge < -0.3 is 75.9 Å². The lowest BCUT2D eigenvalue weighted by Gasteiger charge is -2.58. The van der Waals surface area contributed by atoms with E-state index in [-0.39, 0.29) is 6.54 Å². The first kappa shape index (κ1) is 43.7. The number of unbranched alkanes of at least 4 members (excludes halogenated alkanes) is 8. The molecule has 288 valence electrons. The van der Waals surface area contributed by atoms with Gasteiger partial charge in [0.2, 0.25) is 11.5 Å². The molecule has 0 aromatic heterocycles. The lowest BCUT2D eigenvalue weighted by molar-refractivity contribution is -0.448. The summed E-state index contributed by atoms with van der Waals surface area (Å²) >= 11 is 0. The zero-order valence-electron chi connectivity index (χ0n) is 29.3. The number of hydrogen-bond acceptors (Lipinski definition) is 15. The van der Waals surface area contributed by atoms with Crippen LogP contribution in [0.1, 0.15) is 97.8 Å². The molecule has 0 aromatic carbocycles. The normalized spacial score (nSPS) is 36.7.